The Balaban J connectivity index is 0.000000470. The van der Waals surface area contributed by atoms with E-state index in [9.17, 15) is 32.3 Å². The smallest absolute Gasteiger partial charge is 0.475 e. The van der Waals surface area contributed by atoms with Crippen LogP contribution >= 0.6 is 11.3 Å². The number of ketones is 1. The summed E-state index contributed by atoms with van der Waals surface area (Å²) in [5.74, 6) is -4.95. The molecule has 1 aromatic carbocycles. The maximum absolute atomic E-state index is 13.3. The molecule has 2 amide bonds. The molecule has 3 fully saturated rings. The van der Waals surface area contributed by atoms with Gasteiger partial charge in [0.1, 0.15) is 5.54 Å². The second-order valence-electron chi connectivity index (χ2n) is 9.76. The zero-order chi connectivity index (χ0) is 29.6. The largest absolute Gasteiger partial charge is 0.490 e. The molecule has 3 saturated heterocycles. The molecule has 40 heavy (non-hydrogen) atoms. The van der Waals surface area contributed by atoms with Crippen LogP contribution in [0, 0.1) is 11.8 Å². The van der Waals surface area contributed by atoms with Crippen LogP contribution in [0.25, 0.3) is 10.4 Å². The lowest BCUT2D eigenvalue weighted by Gasteiger charge is -2.36. The summed E-state index contributed by atoms with van der Waals surface area (Å²) < 4.78 is 36.9. The Morgan fingerprint density at radius 1 is 1.15 bits per heavy atom. The number of likely N-dealkylation sites (tertiary alicyclic amines) is 1. The van der Waals surface area contributed by atoms with Crippen molar-refractivity contribution in [1.82, 2.24) is 9.80 Å². The first-order valence-electron chi connectivity index (χ1n) is 12.5. The third-order valence-electron chi connectivity index (χ3n) is 7.74. The van der Waals surface area contributed by atoms with Crippen LogP contribution in [0.4, 0.5) is 13.2 Å². The molecule has 1 N–H and O–H groups in total. The molecule has 9 nitrogen and oxygen atoms in total. The lowest BCUT2D eigenvalue weighted by atomic mass is 9.77. The number of hydrogen-bond donors (Lipinski definition) is 1. The van der Waals surface area contributed by atoms with Crippen molar-refractivity contribution in [3.05, 3.63) is 46.8 Å². The highest BCUT2D eigenvalue weighted by atomic mass is 32.1. The van der Waals surface area contributed by atoms with E-state index in [-0.39, 0.29) is 23.6 Å². The van der Waals surface area contributed by atoms with E-state index >= 15 is 0 Å². The van der Waals surface area contributed by atoms with Crippen molar-refractivity contribution >= 4 is 40.9 Å². The van der Waals surface area contributed by atoms with Gasteiger partial charge in [-0.05, 0) is 50.4 Å². The SMILES string of the molecule is CCN1C(=O)[C@@H]2[C@@H](c3ccc(-c4cc(C(C)=O)cs4)cc3)N3CCC[C@@]3(C(=O)OC)[C@@H]2C1=O.O=C(O)C(F)(F)F. The highest BCUT2D eigenvalue weighted by Gasteiger charge is 2.73. The van der Waals surface area contributed by atoms with Gasteiger partial charge in [-0.3, -0.25) is 29.0 Å². The Bertz CT molecular complexity index is 1360. The lowest BCUT2D eigenvalue weighted by Crippen LogP contribution is -2.54. The quantitative estimate of drug-likeness (QED) is 0.321. The molecule has 2 aromatic rings. The van der Waals surface area contributed by atoms with Crippen LogP contribution in [0.15, 0.2) is 35.7 Å². The zero-order valence-electron chi connectivity index (χ0n) is 21.9. The number of nitrogens with zero attached hydrogens (tertiary/aromatic N) is 2. The molecule has 4 heterocycles. The molecule has 214 valence electrons. The number of hydrogen-bond acceptors (Lipinski definition) is 8. The summed E-state index contributed by atoms with van der Waals surface area (Å²) in [6, 6.07) is 9.43. The number of esters is 1. The number of carboxylic acids is 1. The highest BCUT2D eigenvalue weighted by Crippen LogP contribution is 2.59. The molecule has 0 radical (unpaired) electrons. The Labute approximate surface area is 231 Å². The molecule has 3 aliphatic rings. The fourth-order valence-electron chi connectivity index (χ4n) is 6.09. The van der Waals surface area contributed by atoms with E-state index in [1.54, 1.807) is 13.8 Å². The molecule has 0 spiro atoms. The number of ether oxygens (including phenoxy) is 1. The van der Waals surface area contributed by atoms with Crippen molar-refractivity contribution in [1.29, 1.82) is 0 Å². The minimum Gasteiger partial charge on any atom is -0.475 e. The van der Waals surface area contributed by atoms with Crippen LogP contribution in [-0.2, 0) is 23.9 Å². The van der Waals surface area contributed by atoms with Gasteiger partial charge in [-0.2, -0.15) is 13.2 Å². The molecule has 13 heteroatoms. The summed E-state index contributed by atoms with van der Waals surface area (Å²) in [6.45, 7) is 4.27. The molecule has 4 atom stereocenters. The number of carboxylic acid groups (broad SMARTS) is 1. The number of carbonyl (C=O) groups excluding carboxylic acids is 4. The van der Waals surface area contributed by atoms with Gasteiger partial charge in [0.05, 0.1) is 18.9 Å². The molecule has 0 unspecified atom stereocenters. The predicted octanol–water partition coefficient (Wildman–Crippen LogP) is 3.93. The van der Waals surface area contributed by atoms with E-state index in [1.807, 2.05) is 40.6 Å². The van der Waals surface area contributed by atoms with Crippen LogP contribution in [-0.4, -0.2) is 76.4 Å². The summed E-state index contributed by atoms with van der Waals surface area (Å²) in [4.78, 5) is 64.7. The Morgan fingerprint density at radius 3 is 2.27 bits per heavy atom. The van der Waals surface area contributed by atoms with Crippen molar-refractivity contribution in [2.24, 2.45) is 11.8 Å². The Morgan fingerprint density at radius 2 is 1.77 bits per heavy atom. The minimum absolute atomic E-state index is 0.0317. The lowest BCUT2D eigenvalue weighted by molar-refractivity contribution is -0.192. The number of imide groups is 1. The van der Waals surface area contributed by atoms with Crippen molar-refractivity contribution in [3.63, 3.8) is 0 Å². The number of methoxy groups -OCH3 is 1. The van der Waals surface area contributed by atoms with Gasteiger partial charge >= 0.3 is 18.1 Å². The number of aliphatic carboxylic acids is 1. The minimum atomic E-state index is -5.08. The summed E-state index contributed by atoms with van der Waals surface area (Å²) >= 11 is 1.51. The number of carbonyl (C=O) groups is 5. The second kappa shape index (κ2) is 10.8. The van der Waals surface area contributed by atoms with E-state index in [0.29, 0.717) is 25.1 Å². The van der Waals surface area contributed by atoms with Crippen LogP contribution in [0.3, 0.4) is 0 Å². The third-order valence-corrected chi connectivity index (χ3v) is 8.72. The van der Waals surface area contributed by atoms with E-state index in [2.05, 4.69) is 0 Å². The molecule has 1 aromatic heterocycles. The van der Waals surface area contributed by atoms with Crippen LogP contribution in [0.2, 0.25) is 0 Å². The number of halogens is 3. The number of alkyl halides is 3. The average molecular weight is 581 g/mol. The molecule has 0 saturated carbocycles. The number of amides is 2. The molecule has 3 aliphatic heterocycles. The van der Waals surface area contributed by atoms with Gasteiger partial charge in [-0.1, -0.05) is 24.3 Å². The first-order valence-corrected chi connectivity index (χ1v) is 13.4. The second-order valence-corrected chi connectivity index (χ2v) is 10.7. The molecule has 0 bridgehead atoms. The summed E-state index contributed by atoms with van der Waals surface area (Å²) in [5, 5.41) is 8.98. The Kier molecular flexibility index (Phi) is 7.92. The van der Waals surface area contributed by atoms with Gasteiger partial charge in [0, 0.05) is 28.4 Å². The van der Waals surface area contributed by atoms with E-state index < -0.39 is 35.5 Å². The van der Waals surface area contributed by atoms with Crippen molar-refractivity contribution in [3.8, 4) is 10.4 Å². The van der Waals surface area contributed by atoms with Gasteiger partial charge in [0.15, 0.2) is 5.78 Å². The van der Waals surface area contributed by atoms with Gasteiger partial charge in [0.25, 0.3) is 0 Å². The number of benzene rings is 1. The molecular formula is C27H27F3N2O7S. The first-order chi connectivity index (χ1) is 18.8. The molecule has 5 rings (SSSR count). The van der Waals surface area contributed by atoms with E-state index in [4.69, 9.17) is 14.6 Å². The van der Waals surface area contributed by atoms with E-state index in [0.717, 1.165) is 22.4 Å². The third kappa shape index (κ3) is 4.70. The maximum atomic E-state index is 13.3. The van der Waals surface area contributed by atoms with Crippen LogP contribution < -0.4 is 0 Å². The van der Waals surface area contributed by atoms with Crippen LogP contribution in [0.1, 0.15) is 48.7 Å². The van der Waals surface area contributed by atoms with E-state index in [1.165, 1.54) is 23.3 Å². The highest BCUT2D eigenvalue weighted by molar-refractivity contribution is 7.13. The number of thiophene rings is 1. The normalized spacial score (nSPS) is 25.8. The molecule has 0 aliphatic carbocycles. The predicted molar refractivity (Wildman–Crippen MR) is 136 cm³/mol. The fraction of sp³-hybridized carbons (Fsp3) is 0.444. The van der Waals surface area contributed by atoms with Crippen molar-refractivity contribution < 1.29 is 47.0 Å². The van der Waals surface area contributed by atoms with Gasteiger partial charge < -0.3 is 9.84 Å². The summed E-state index contributed by atoms with van der Waals surface area (Å²) in [5.41, 5.74) is 1.48. The Hall–Kier alpha value is -3.58. The van der Waals surface area contributed by atoms with Gasteiger partial charge in [-0.15, -0.1) is 11.3 Å². The van der Waals surface area contributed by atoms with Crippen molar-refractivity contribution in [2.45, 2.75) is 44.4 Å². The first kappa shape index (κ1) is 29.4. The standard InChI is InChI=1S/C25H26N2O5S.C2HF3O2/c1-4-26-22(29)19-20(23(26)30)25(24(31)32-3)10-5-11-27(25)21(19)16-8-6-15(7-9-16)18-12-17(13-33-18)14(2)28;3-2(4,5)1(6)7/h6-9,12-13,19-21H,4-5,10-11H2,1-3H3;(H,6,7)/t19-,20-,21+,25-;/m0./s1. The number of fused-ring (bicyclic) bond motifs is 3. The number of rotatable bonds is 5. The van der Waals surface area contributed by atoms with Crippen LogP contribution in [0.5, 0.6) is 0 Å². The summed E-state index contributed by atoms with van der Waals surface area (Å²) in [7, 11) is 1.35. The monoisotopic (exact) mass is 580 g/mol. The topological polar surface area (TPSA) is 121 Å². The summed E-state index contributed by atoms with van der Waals surface area (Å²) in [6.07, 6.45) is -3.81. The molecular weight excluding hydrogens is 553 g/mol. The maximum Gasteiger partial charge on any atom is 0.490 e. The number of Topliss-reactive ketones (excluding diaryl/α,β-unsaturated/α-hetero) is 1. The van der Waals surface area contributed by atoms with Gasteiger partial charge in [0.2, 0.25) is 11.8 Å². The fourth-order valence-corrected chi connectivity index (χ4v) is 7.04. The van der Waals surface area contributed by atoms with Crippen molar-refractivity contribution in [2.75, 3.05) is 20.2 Å². The average Bonchev–Trinajstić information content (AvgIpc) is 3.66. The van der Waals surface area contributed by atoms with Gasteiger partial charge in [-0.25, -0.2) is 4.79 Å². The zero-order valence-corrected chi connectivity index (χ0v) is 22.7.